The highest BCUT2D eigenvalue weighted by atomic mass is 16.5. The van der Waals surface area contributed by atoms with Gasteiger partial charge in [0.1, 0.15) is 11.6 Å². The Balaban J connectivity index is 2.22. The van der Waals surface area contributed by atoms with E-state index in [1.807, 2.05) is 20.0 Å². The van der Waals surface area contributed by atoms with Gasteiger partial charge in [0.15, 0.2) is 0 Å². The fraction of sp³-hybridized carbons (Fsp3) is 0.250. The number of hydrogen-bond donors (Lipinski definition) is 0. The normalized spacial score (nSPS) is 10.9. The van der Waals surface area contributed by atoms with Gasteiger partial charge in [-0.3, -0.25) is 4.98 Å². The van der Waals surface area contributed by atoms with E-state index >= 15 is 0 Å². The highest BCUT2D eigenvalue weighted by molar-refractivity contribution is 5.82. The zero-order valence-corrected chi connectivity index (χ0v) is 11.9. The maximum Gasteiger partial charge on any atom is 0.148 e. The van der Waals surface area contributed by atoms with Crippen LogP contribution in [0, 0.1) is 6.92 Å². The van der Waals surface area contributed by atoms with Gasteiger partial charge in [-0.2, -0.15) is 0 Å². The van der Waals surface area contributed by atoms with Crippen LogP contribution >= 0.6 is 0 Å². The Kier molecular flexibility index (Phi) is 3.14. The van der Waals surface area contributed by atoms with Gasteiger partial charge in [-0.15, -0.1) is 0 Å². The number of ether oxygens (including phenoxy) is 1. The van der Waals surface area contributed by atoms with Crippen LogP contribution in [0.15, 0.2) is 36.7 Å². The lowest BCUT2D eigenvalue weighted by Gasteiger charge is -2.09. The van der Waals surface area contributed by atoms with Crippen molar-refractivity contribution in [2.75, 3.05) is 6.61 Å². The molecule has 20 heavy (non-hydrogen) atoms. The van der Waals surface area contributed by atoms with E-state index in [1.54, 1.807) is 12.4 Å². The first-order valence-electron chi connectivity index (χ1n) is 6.71. The van der Waals surface area contributed by atoms with E-state index in [4.69, 9.17) is 9.72 Å². The third-order valence-electron chi connectivity index (χ3n) is 3.36. The summed E-state index contributed by atoms with van der Waals surface area (Å²) in [7, 11) is 2.02. The number of pyridine rings is 1. The van der Waals surface area contributed by atoms with Crippen LogP contribution < -0.4 is 4.74 Å². The summed E-state index contributed by atoms with van der Waals surface area (Å²) in [4.78, 5) is 8.87. The monoisotopic (exact) mass is 267 g/mol. The lowest BCUT2D eigenvalue weighted by molar-refractivity contribution is 0.340. The fourth-order valence-corrected chi connectivity index (χ4v) is 2.39. The van der Waals surface area contributed by atoms with Crippen LogP contribution in [-0.4, -0.2) is 21.1 Å². The van der Waals surface area contributed by atoms with Crippen LogP contribution in [-0.2, 0) is 7.05 Å². The third-order valence-corrected chi connectivity index (χ3v) is 3.36. The first-order valence-corrected chi connectivity index (χ1v) is 6.71. The molecular weight excluding hydrogens is 250 g/mol. The van der Waals surface area contributed by atoms with E-state index in [0.717, 1.165) is 28.2 Å². The molecule has 0 aliphatic carbocycles. The maximum atomic E-state index is 5.65. The molecule has 2 aromatic heterocycles. The van der Waals surface area contributed by atoms with E-state index in [0.29, 0.717) is 6.61 Å². The Labute approximate surface area is 118 Å². The van der Waals surface area contributed by atoms with Gasteiger partial charge in [0.25, 0.3) is 0 Å². The number of rotatable bonds is 3. The molecule has 0 atom stereocenters. The zero-order chi connectivity index (χ0) is 14.1. The average molecular weight is 267 g/mol. The number of imidazole rings is 1. The lowest BCUT2D eigenvalue weighted by atomic mass is 10.2. The SMILES string of the molecule is CCOc1cnccc1-c1nc2cc(C)ccc2n1C. The molecule has 0 bridgehead atoms. The zero-order valence-electron chi connectivity index (χ0n) is 11.9. The quantitative estimate of drug-likeness (QED) is 0.730. The minimum atomic E-state index is 0.613. The molecule has 0 unspecified atom stereocenters. The first-order chi connectivity index (χ1) is 9.70. The maximum absolute atomic E-state index is 5.65. The first kappa shape index (κ1) is 12.7. The Morgan fingerprint density at radius 1 is 1.25 bits per heavy atom. The van der Waals surface area contributed by atoms with Gasteiger partial charge in [0, 0.05) is 13.2 Å². The molecular formula is C16H17N3O. The minimum absolute atomic E-state index is 0.613. The Morgan fingerprint density at radius 3 is 2.90 bits per heavy atom. The van der Waals surface area contributed by atoms with Crippen molar-refractivity contribution >= 4 is 11.0 Å². The smallest absolute Gasteiger partial charge is 0.148 e. The summed E-state index contributed by atoms with van der Waals surface area (Å²) in [6, 6.07) is 8.24. The molecule has 3 aromatic rings. The van der Waals surface area contributed by atoms with Crippen molar-refractivity contribution in [1.29, 1.82) is 0 Å². The van der Waals surface area contributed by atoms with Gasteiger partial charge >= 0.3 is 0 Å². The van der Waals surface area contributed by atoms with E-state index in [2.05, 4.69) is 34.7 Å². The number of hydrogen-bond acceptors (Lipinski definition) is 3. The largest absolute Gasteiger partial charge is 0.491 e. The number of aryl methyl sites for hydroxylation is 2. The average Bonchev–Trinajstić information content (AvgIpc) is 2.76. The van der Waals surface area contributed by atoms with Crippen molar-refractivity contribution in [3.05, 3.63) is 42.2 Å². The molecule has 0 spiro atoms. The highest BCUT2D eigenvalue weighted by Crippen LogP contribution is 2.30. The van der Waals surface area contributed by atoms with Crippen LogP contribution in [0.1, 0.15) is 12.5 Å². The van der Waals surface area contributed by atoms with Gasteiger partial charge in [-0.1, -0.05) is 6.07 Å². The van der Waals surface area contributed by atoms with Crippen molar-refractivity contribution < 1.29 is 4.74 Å². The molecule has 0 fully saturated rings. The summed E-state index contributed by atoms with van der Waals surface area (Å²) in [5.74, 6) is 1.67. The van der Waals surface area contributed by atoms with Crippen LogP contribution in [0.25, 0.3) is 22.4 Å². The Bertz CT molecular complexity index is 762. The summed E-state index contributed by atoms with van der Waals surface area (Å²) in [5, 5.41) is 0. The number of aromatic nitrogens is 3. The molecule has 0 aliphatic rings. The molecule has 4 heteroatoms. The van der Waals surface area contributed by atoms with Crippen molar-refractivity contribution in [2.45, 2.75) is 13.8 Å². The Morgan fingerprint density at radius 2 is 2.10 bits per heavy atom. The van der Waals surface area contributed by atoms with Gasteiger partial charge in [0.2, 0.25) is 0 Å². The molecule has 0 saturated carbocycles. The van der Waals surface area contributed by atoms with Crippen LogP contribution in [0.2, 0.25) is 0 Å². The topological polar surface area (TPSA) is 39.9 Å². The minimum Gasteiger partial charge on any atom is -0.491 e. The summed E-state index contributed by atoms with van der Waals surface area (Å²) < 4.78 is 7.74. The van der Waals surface area contributed by atoms with E-state index < -0.39 is 0 Å². The molecule has 0 aliphatic heterocycles. The molecule has 3 rings (SSSR count). The predicted molar refractivity (Wildman–Crippen MR) is 79.9 cm³/mol. The van der Waals surface area contributed by atoms with Crippen molar-refractivity contribution in [3.63, 3.8) is 0 Å². The van der Waals surface area contributed by atoms with E-state index in [-0.39, 0.29) is 0 Å². The van der Waals surface area contributed by atoms with Gasteiger partial charge < -0.3 is 9.30 Å². The highest BCUT2D eigenvalue weighted by Gasteiger charge is 2.14. The Hall–Kier alpha value is -2.36. The number of benzene rings is 1. The standard InChI is InChI=1S/C16H17N3O/c1-4-20-15-10-17-8-7-12(15)16-18-13-9-11(2)5-6-14(13)19(16)3/h5-10H,4H2,1-3H3. The fourth-order valence-electron chi connectivity index (χ4n) is 2.39. The van der Waals surface area contributed by atoms with Crippen molar-refractivity contribution in [1.82, 2.24) is 14.5 Å². The van der Waals surface area contributed by atoms with Crippen molar-refractivity contribution in [3.8, 4) is 17.1 Å². The molecule has 0 N–H and O–H groups in total. The molecule has 0 saturated heterocycles. The van der Waals surface area contributed by atoms with Crippen molar-refractivity contribution in [2.24, 2.45) is 7.05 Å². The van der Waals surface area contributed by atoms with E-state index in [1.165, 1.54) is 5.56 Å². The van der Waals surface area contributed by atoms with Gasteiger partial charge in [0.05, 0.1) is 29.4 Å². The summed E-state index contributed by atoms with van der Waals surface area (Å²) in [5.41, 5.74) is 4.30. The predicted octanol–water partition coefficient (Wildman–Crippen LogP) is 3.34. The molecule has 0 radical (unpaired) electrons. The molecule has 1 aromatic carbocycles. The number of fused-ring (bicyclic) bond motifs is 1. The van der Waals surface area contributed by atoms with Gasteiger partial charge in [-0.05, 0) is 37.6 Å². The van der Waals surface area contributed by atoms with Crippen LogP contribution in [0.3, 0.4) is 0 Å². The summed E-state index contributed by atoms with van der Waals surface area (Å²) >= 11 is 0. The van der Waals surface area contributed by atoms with Gasteiger partial charge in [-0.25, -0.2) is 4.98 Å². The summed E-state index contributed by atoms with van der Waals surface area (Å²) in [6.45, 7) is 4.66. The van der Waals surface area contributed by atoms with Crippen LogP contribution in [0.5, 0.6) is 5.75 Å². The second-order valence-electron chi connectivity index (χ2n) is 4.79. The summed E-state index contributed by atoms with van der Waals surface area (Å²) in [6.07, 6.45) is 3.51. The second kappa shape index (κ2) is 4.96. The molecule has 2 heterocycles. The second-order valence-corrected chi connectivity index (χ2v) is 4.79. The molecule has 102 valence electrons. The lowest BCUT2D eigenvalue weighted by Crippen LogP contribution is -1.98. The number of nitrogens with zero attached hydrogens (tertiary/aromatic N) is 3. The van der Waals surface area contributed by atoms with Crippen LogP contribution in [0.4, 0.5) is 0 Å². The van der Waals surface area contributed by atoms with E-state index in [9.17, 15) is 0 Å². The molecule has 4 nitrogen and oxygen atoms in total. The molecule has 0 amide bonds. The third kappa shape index (κ3) is 2.03.